The normalized spacial score (nSPS) is 12.0. The number of hydrogen-bond acceptors (Lipinski definition) is 4. The molecular formula is C10H20O4. The Kier molecular flexibility index (Phi) is 8.13. The molecule has 0 rings (SSSR count). The lowest BCUT2D eigenvalue weighted by Gasteiger charge is -2.14. The number of hydrogen-bond donors (Lipinski definition) is 0. The minimum Gasteiger partial charge on any atom is -0.491 e. The Labute approximate surface area is 85.8 Å². The molecule has 0 atom stereocenters. The van der Waals surface area contributed by atoms with Crippen LogP contribution in [0.15, 0.2) is 11.7 Å². The van der Waals surface area contributed by atoms with Gasteiger partial charge in [0, 0.05) is 13.5 Å². The van der Waals surface area contributed by atoms with E-state index < -0.39 is 0 Å². The van der Waals surface area contributed by atoms with Crippen molar-refractivity contribution < 1.29 is 18.9 Å². The summed E-state index contributed by atoms with van der Waals surface area (Å²) < 4.78 is 20.7. The molecule has 0 aromatic rings. The molecule has 84 valence electrons. The lowest BCUT2D eigenvalue weighted by atomic mass is 10.4. The fraction of sp³-hybridized carbons (Fsp3) is 0.800. The molecule has 0 heterocycles. The van der Waals surface area contributed by atoms with Gasteiger partial charge in [-0.15, -0.1) is 0 Å². The summed E-state index contributed by atoms with van der Waals surface area (Å²) in [6.07, 6.45) is 0.743. The lowest BCUT2D eigenvalue weighted by Crippen LogP contribution is -2.06. The lowest BCUT2D eigenvalue weighted by molar-refractivity contribution is -0.0661. The summed E-state index contributed by atoms with van der Waals surface area (Å²) in [4.78, 5) is 0. The van der Waals surface area contributed by atoms with Crippen molar-refractivity contribution in [3.63, 3.8) is 0 Å². The van der Waals surface area contributed by atoms with Crippen molar-refractivity contribution in [1.82, 2.24) is 0 Å². The fourth-order valence-electron chi connectivity index (χ4n) is 0.926. The first-order valence-electron chi connectivity index (χ1n) is 4.90. The van der Waals surface area contributed by atoms with Crippen LogP contribution in [0.25, 0.3) is 0 Å². The number of ether oxygens (including phenoxy) is 4. The van der Waals surface area contributed by atoms with Gasteiger partial charge >= 0.3 is 5.95 Å². The highest BCUT2D eigenvalue weighted by atomic mass is 16.7. The van der Waals surface area contributed by atoms with E-state index >= 15 is 0 Å². The second kappa shape index (κ2) is 8.69. The van der Waals surface area contributed by atoms with E-state index in [-0.39, 0.29) is 6.79 Å². The summed E-state index contributed by atoms with van der Waals surface area (Å²) in [5, 5.41) is 0. The van der Waals surface area contributed by atoms with Gasteiger partial charge in [-0.25, -0.2) is 0 Å². The van der Waals surface area contributed by atoms with Crippen LogP contribution in [0.4, 0.5) is 0 Å². The summed E-state index contributed by atoms with van der Waals surface area (Å²) in [5.41, 5.74) is 0. The zero-order valence-corrected chi connectivity index (χ0v) is 9.46. The molecule has 0 N–H and O–H groups in total. The van der Waals surface area contributed by atoms with Gasteiger partial charge in [-0.05, 0) is 13.8 Å². The third-order valence-electron chi connectivity index (χ3n) is 1.45. The van der Waals surface area contributed by atoms with Crippen LogP contribution in [0.2, 0.25) is 0 Å². The maximum atomic E-state index is 5.38. The Morgan fingerprint density at radius 3 is 2.00 bits per heavy atom. The maximum absolute atomic E-state index is 5.38. The van der Waals surface area contributed by atoms with Gasteiger partial charge < -0.3 is 18.9 Å². The monoisotopic (exact) mass is 204 g/mol. The molecule has 0 aliphatic carbocycles. The average molecular weight is 204 g/mol. The van der Waals surface area contributed by atoms with Crippen LogP contribution in [0.5, 0.6) is 0 Å². The van der Waals surface area contributed by atoms with E-state index in [1.807, 2.05) is 20.8 Å². The van der Waals surface area contributed by atoms with E-state index in [1.54, 1.807) is 7.11 Å². The molecule has 0 aromatic heterocycles. The second-order valence-electron chi connectivity index (χ2n) is 2.48. The van der Waals surface area contributed by atoms with E-state index in [0.717, 1.165) is 12.2 Å². The SMILES string of the molecule is CCO/C(CC)=C(/OCC)OCOC. The fourth-order valence-corrected chi connectivity index (χ4v) is 0.926. The third kappa shape index (κ3) is 4.97. The van der Waals surface area contributed by atoms with Gasteiger partial charge in [0.05, 0.1) is 13.2 Å². The predicted molar refractivity (Wildman–Crippen MR) is 53.5 cm³/mol. The van der Waals surface area contributed by atoms with Gasteiger partial charge in [-0.3, -0.25) is 0 Å². The van der Waals surface area contributed by atoms with Gasteiger partial charge in [0.2, 0.25) is 0 Å². The summed E-state index contributed by atoms with van der Waals surface area (Å²) in [6, 6.07) is 0. The number of allylic oxidation sites excluding steroid dienone is 1. The van der Waals surface area contributed by atoms with Crippen LogP contribution < -0.4 is 0 Å². The largest absolute Gasteiger partial charge is 0.491 e. The zero-order valence-electron chi connectivity index (χ0n) is 9.46. The van der Waals surface area contributed by atoms with Crippen LogP contribution in [-0.2, 0) is 18.9 Å². The van der Waals surface area contributed by atoms with Crippen LogP contribution >= 0.6 is 0 Å². The molecule has 0 unspecified atom stereocenters. The van der Waals surface area contributed by atoms with Crippen LogP contribution in [0.3, 0.4) is 0 Å². The summed E-state index contributed by atoms with van der Waals surface area (Å²) in [5.74, 6) is 1.16. The molecule has 4 heteroatoms. The van der Waals surface area contributed by atoms with Gasteiger partial charge in [-0.2, -0.15) is 0 Å². The van der Waals surface area contributed by atoms with Gasteiger partial charge in [0.1, 0.15) is 0 Å². The topological polar surface area (TPSA) is 36.9 Å². The summed E-state index contributed by atoms with van der Waals surface area (Å²) in [6.45, 7) is 7.14. The molecule has 0 aliphatic rings. The molecule has 0 bridgehead atoms. The second-order valence-corrected chi connectivity index (χ2v) is 2.48. The predicted octanol–water partition coefficient (Wildman–Crippen LogP) is 2.26. The Morgan fingerprint density at radius 1 is 0.929 bits per heavy atom. The summed E-state index contributed by atoms with van der Waals surface area (Å²) in [7, 11) is 1.57. The maximum Gasteiger partial charge on any atom is 0.321 e. The first-order valence-corrected chi connectivity index (χ1v) is 4.90. The molecule has 0 fully saturated rings. The van der Waals surface area contributed by atoms with Gasteiger partial charge in [0.15, 0.2) is 12.6 Å². The molecule has 14 heavy (non-hydrogen) atoms. The smallest absolute Gasteiger partial charge is 0.321 e. The Morgan fingerprint density at radius 2 is 1.57 bits per heavy atom. The molecule has 0 spiro atoms. The molecule has 0 amide bonds. The molecule has 0 aliphatic heterocycles. The number of rotatable bonds is 8. The third-order valence-corrected chi connectivity index (χ3v) is 1.45. The molecule has 0 saturated heterocycles. The van der Waals surface area contributed by atoms with E-state index in [4.69, 9.17) is 18.9 Å². The standard InChI is InChI=1S/C10H20O4/c1-5-9(12-6-2)10(13-7-3)14-8-11-4/h5-8H2,1-4H3/b10-9-. The Hall–Kier alpha value is -0.900. The van der Waals surface area contributed by atoms with Crippen molar-refractivity contribution in [1.29, 1.82) is 0 Å². The Balaban J connectivity index is 4.34. The molecule has 0 saturated carbocycles. The highest BCUT2D eigenvalue weighted by Crippen LogP contribution is 2.13. The van der Waals surface area contributed by atoms with E-state index in [9.17, 15) is 0 Å². The average Bonchev–Trinajstić information content (AvgIpc) is 2.21. The number of methoxy groups -OCH3 is 1. The molecule has 0 aromatic carbocycles. The van der Waals surface area contributed by atoms with Crippen LogP contribution in [0, 0.1) is 0 Å². The zero-order chi connectivity index (χ0) is 10.8. The van der Waals surface area contributed by atoms with E-state index in [1.165, 1.54) is 0 Å². The quantitative estimate of drug-likeness (QED) is 0.449. The Bertz CT molecular complexity index is 166. The minimum atomic E-state index is 0.173. The molecular weight excluding hydrogens is 184 g/mol. The summed E-state index contributed by atoms with van der Waals surface area (Å²) >= 11 is 0. The highest BCUT2D eigenvalue weighted by Gasteiger charge is 2.08. The minimum absolute atomic E-state index is 0.173. The van der Waals surface area contributed by atoms with Crippen LogP contribution in [0.1, 0.15) is 27.2 Å². The first-order chi connectivity index (χ1) is 6.79. The van der Waals surface area contributed by atoms with Crippen molar-refractivity contribution in [2.75, 3.05) is 27.1 Å². The highest BCUT2D eigenvalue weighted by molar-refractivity contribution is 4.93. The molecule has 4 nitrogen and oxygen atoms in total. The van der Waals surface area contributed by atoms with Crippen molar-refractivity contribution in [3.8, 4) is 0 Å². The van der Waals surface area contributed by atoms with E-state index in [0.29, 0.717) is 19.2 Å². The first kappa shape index (κ1) is 13.1. The van der Waals surface area contributed by atoms with E-state index in [2.05, 4.69) is 0 Å². The van der Waals surface area contributed by atoms with Crippen molar-refractivity contribution >= 4 is 0 Å². The van der Waals surface area contributed by atoms with Gasteiger partial charge in [-0.1, -0.05) is 6.92 Å². The molecule has 0 radical (unpaired) electrons. The van der Waals surface area contributed by atoms with Crippen molar-refractivity contribution in [3.05, 3.63) is 11.7 Å². The van der Waals surface area contributed by atoms with Crippen molar-refractivity contribution in [2.45, 2.75) is 27.2 Å². The van der Waals surface area contributed by atoms with Crippen LogP contribution in [-0.4, -0.2) is 27.1 Å². The van der Waals surface area contributed by atoms with Gasteiger partial charge in [0.25, 0.3) is 0 Å². The van der Waals surface area contributed by atoms with Crippen molar-refractivity contribution in [2.24, 2.45) is 0 Å².